The molecule has 0 aliphatic heterocycles. The minimum absolute atomic E-state index is 0.147. The van der Waals surface area contributed by atoms with Gasteiger partial charge in [-0.05, 0) is 38.7 Å². The minimum Gasteiger partial charge on any atom is -0.496 e. The van der Waals surface area contributed by atoms with Gasteiger partial charge in [0.2, 0.25) is 0 Å². The smallest absolute Gasteiger partial charge is 0.127 e. The molecule has 0 fully saturated rings. The van der Waals surface area contributed by atoms with Crippen LogP contribution in [0.25, 0.3) is 0 Å². The van der Waals surface area contributed by atoms with Crippen molar-refractivity contribution in [3.8, 4) is 5.75 Å². The molecule has 124 valence electrons. The Labute approximate surface area is 138 Å². The predicted octanol–water partition coefficient (Wildman–Crippen LogP) is 3.75. The van der Waals surface area contributed by atoms with Crippen molar-refractivity contribution in [3.63, 3.8) is 0 Å². The number of hydrogen-bond donors (Lipinski definition) is 1. The molecule has 0 aromatic heterocycles. The zero-order valence-electron chi connectivity index (χ0n) is 14.3. The van der Waals surface area contributed by atoms with Crippen molar-refractivity contribution in [2.24, 2.45) is 0 Å². The van der Waals surface area contributed by atoms with Gasteiger partial charge in [-0.25, -0.2) is 4.39 Å². The topological polar surface area (TPSA) is 24.5 Å². The Bertz CT molecular complexity index is 643. The van der Waals surface area contributed by atoms with Crippen LogP contribution in [0.4, 0.5) is 4.39 Å². The van der Waals surface area contributed by atoms with Gasteiger partial charge in [-0.1, -0.05) is 30.3 Å². The van der Waals surface area contributed by atoms with E-state index in [1.165, 1.54) is 0 Å². The number of methoxy groups -OCH3 is 1. The second kappa shape index (κ2) is 8.09. The van der Waals surface area contributed by atoms with Crippen LogP contribution < -0.4 is 10.1 Å². The maximum Gasteiger partial charge on any atom is 0.127 e. The lowest BCUT2D eigenvalue weighted by Gasteiger charge is -2.18. The molecule has 1 atom stereocenters. The highest BCUT2D eigenvalue weighted by Gasteiger charge is 2.11. The third-order valence-corrected chi connectivity index (χ3v) is 3.81. The van der Waals surface area contributed by atoms with Crippen LogP contribution in [0.3, 0.4) is 0 Å². The molecular weight excluding hydrogens is 291 g/mol. The number of nitrogens with one attached hydrogen (secondary N) is 1. The lowest BCUT2D eigenvalue weighted by molar-refractivity contribution is 0.392. The SMILES string of the molecule is COc1ccccc1[C@@H](C)NCc1ccc(F)c(CN(C)C)c1. The van der Waals surface area contributed by atoms with Crippen molar-refractivity contribution in [2.45, 2.75) is 26.1 Å². The second-order valence-corrected chi connectivity index (χ2v) is 6.01. The monoisotopic (exact) mass is 316 g/mol. The average molecular weight is 316 g/mol. The summed E-state index contributed by atoms with van der Waals surface area (Å²) in [5.74, 6) is 0.722. The Morgan fingerprint density at radius 2 is 1.91 bits per heavy atom. The van der Waals surface area contributed by atoms with Crippen molar-refractivity contribution < 1.29 is 9.13 Å². The van der Waals surface area contributed by atoms with Gasteiger partial charge in [0, 0.05) is 30.3 Å². The van der Waals surface area contributed by atoms with Crippen molar-refractivity contribution in [1.82, 2.24) is 10.2 Å². The van der Waals surface area contributed by atoms with Gasteiger partial charge in [-0.2, -0.15) is 0 Å². The van der Waals surface area contributed by atoms with E-state index in [0.29, 0.717) is 13.1 Å². The van der Waals surface area contributed by atoms with E-state index in [9.17, 15) is 4.39 Å². The fourth-order valence-electron chi connectivity index (χ4n) is 2.60. The summed E-state index contributed by atoms with van der Waals surface area (Å²) in [5.41, 5.74) is 2.91. The molecule has 0 aliphatic rings. The molecule has 0 aliphatic carbocycles. The molecule has 0 amide bonds. The van der Waals surface area contributed by atoms with E-state index in [1.807, 2.05) is 49.3 Å². The Morgan fingerprint density at radius 3 is 2.61 bits per heavy atom. The molecule has 0 unspecified atom stereocenters. The standard InChI is InChI=1S/C19H25FN2O/c1-14(17-7-5-6-8-19(17)23-4)21-12-15-9-10-18(20)16(11-15)13-22(2)3/h5-11,14,21H,12-13H2,1-4H3/t14-/m1/s1. The van der Waals surface area contributed by atoms with Gasteiger partial charge in [0.05, 0.1) is 7.11 Å². The van der Waals surface area contributed by atoms with Crippen molar-refractivity contribution in [3.05, 3.63) is 65.0 Å². The lowest BCUT2D eigenvalue weighted by atomic mass is 10.1. The minimum atomic E-state index is -0.153. The number of hydrogen-bond acceptors (Lipinski definition) is 3. The van der Waals surface area contributed by atoms with Crippen LogP contribution in [-0.2, 0) is 13.1 Å². The highest BCUT2D eigenvalue weighted by Crippen LogP contribution is 2.24. The Morgan fingerprint density at radius 1 is 1.17 bits per heavy atom. The molecule has 0 bridgehead atoms. The molecule has 4 heteroatoms. The van der Waals surface area contributed by atoms with E-state index in [-0.39, 0.29) is 11.9 Å². The first-order chi connectivity index (χ1) is 11.0. The van der Waals surface area contributed by atoms with Crippen molar-refractivity contribution in [1.29, 1.82) is 0 Å². The van der Waals surface area contributed by atoms with Crippen LogP contribution in [0.15, 0.2) is 42.5 Å². The third kappa shape index (κ3) is 4.78. The van der Waals surface area contributed by atoms with E-state index in [2.05, 4.69) is 18.3 Å². The lowest BCUT2D eigenvalue weighted by Crippen LogP contribution is -2.19. The Balaban J connectivity index is 2.05. The van der Waals surface area contributed by atoms with E-state index in [1.54, 1.807) is 13.2 Å². The van der Waals surface area contributed by atoms with Gasteiger partial charge in [0.1, 0.15) is 11.6 Å². The zero-order valence-corrected chi connectivity index (χ0v) is 14.3. The molecule has 2 rings (SSSR count). The first-order valence-corrected chi connectivity index (χ1v) is 7.79. The van der Waals surface area contributed by atoms with Crippen LogP contribution >= 0.6 is 0 Å². The summed E-state index contributed by atoms with van der Waals surface area (Å²) in [7, 11) is 5.56. The first-order valence-electron chi connectivity index (χ1n) is 7.79. The molecule has 0 spiro atoms. The van der Waals surface area contributed by atoms with Gasteiger partial charge < -0.3 is 15.0 Å². The molecular formula is C19H25FN2O. The van der Waals surface area contributed by atoms with Crippen LogP contribution in [0.2, 0.25) is 0 Å². The summed E-state index contributed by atoms with van der Waals surface area (Å²) in [6.07, 6.45) is 0. The fourth-order valence-corrected chi connectivity index (χ4v) is 2.60. The highest BCUT2D eigenvalue weighted by atomic mass is 19.1. The molecule has 2 aromatic carbocycles. The summed E-state index contributed by atoms with van der Waals surface area (Å²) < 4.78 is 19.2. The van der Waals surface area contributed by atoms with Crippen LogP contribution in [-0.4, -0.2) is 26.1 Å². The van der Waals surface area contributed by atoms with Gasteiger partial charge in [0.25, 0.3) is 0 Å². The Hall–Kier alpha value is -1.91. The molecule has 2 aromatic rings. The van der Waals surface area contributed by atoms with Crippen LogP contribution in [0.1, 0.15) is 29.7 Å². The summed E-state index contributed by atoms with van der Waals surface area (Å²) in [6, 6.07) is 13.4. The summed E-state index contributed by atoms with van der Waals surface area (Å²) in [4.78, 5) is 1.97. The Kier molecular flexibility index (Phi) is 6.13. The van der Waals surface area contributed by atoms with E-state index in [4.69, 9.17) is 4.74 Å². The number of nitrogens with zero attached hydrogens (tertiary/aromatic N) is 1. The van der Waals surface area contributed by atoms with Crippen LogP contribution in [0, 0.1) is 5.82 Å². The largest absolute Gasteiger partial charge is 0.496 e. The quantitative estimate of drug-likeness (QED) is 0.842. The third-order valence-electron chi connectivity index (χ3n) is 3.81. The second-order valence-electron chi connectivity index (χ2n) is 6.01. The zero-order chi connectivity index (χ0) is 16.8. The number of rotatable bonds is 7. The molecule has 0 saturated heterocycles. The average Bonchev–Trinajstić information content (AvgIpc) is 2.54. The maximum absolute atomic E-state index is 13.8. The predicted molar refractivity (Wildman–Crippen MR) is 92.0 cm³/mol. The van der Waals surface area contributed by atoms with E-state index < -0.39 is 0 Å². The molecule has 0 radical (unpaired) electrons. The first kappa shape index (κ1) is 17.4. The maximum atomic E-state index is 13.8. The summed E-state index contributed by atoms with van der Waals surface area (Å²) in [5, 5.41) is 3.47. The molecule has 0 saturated carbocycles. The normalized spacial score (nSPS) is 12.4. The van der Waals surface area contributed by atoms with Gasteiger partial charge in [-0.3, -0.25) is 0 Å². The van der Waals surface area contributed by atoms with Gasteiger partial charge >= 0.3 is 0 Å². The van der Waals surface area contributed by atoms with Crippen molar-refractivity contribution in [2.75, 3.05) is 21.2 Å². The number of ether oxygens (including phenoxy) is 1. The molecule has 0 heterocycles. The van der Waals surface area contributed by atoms with Gasteiger partial charge in [0.15, 0.2) is 0 Å². The van der Waals surface area contributed by atoms with E-state index in [0.717, 1.165) is 22.4 Å². The van der Waals surface area contributed by atoms with E-state index >= 15 is 0 Å². The summed E-state index contributed by atoms with van der Waals surface area (Å²) in [6.45, 7) is 3.38. The van der Waals surface area contributed by atoms with Gasteiger partial charge in [-0.15, -0.1) is 0 Å². The highest BCUT2D eigenvalue weighted by molar-refractivity contribution is 5.35. The molecule has 3 nitrogen and oxygen atoms in total. The van der Waals surface area contributed by atoms with Crippen molar-refractivity contribution >= 4 is 0 Å². The molecule has 23 heavy (non-hydrogen) atoms. The number of benzene rings is 2. The molecule has 1 N–H and O–H groups in total. The fraction of sp³-hybridized carbons (Fsp3) is 0.368. The summed E-state index contributed by atoms with van der Waals surface area (Å²) >= 11 is 0. The number of halogens is 1. The number of para-hydroxylation sites is 1. The van der Waals surface area contributed by atoms with Crippen LogP contribution in [0.5, 0.6) is 5.75 Å².